The third kappa shape index (κ3) is 3.36. The van der Waals surface area contributed by atoms with E-state index in [0.717, 1.165) is 9.13 Å². The van der Waals surface area contributed by atoms with Gasteiger partial charge in [0.15, 0.2) is 0 Å². The summed E-state index contributed by atoms with van der Waals surface area (Å²) in [5, 5.41) is 9.87. The molecule has 2 aromatic rings. The molecule has 0 bridgehead atoms. The summed E-state index contributed by atoms with van der Waals surface area (Å²) in [6.45, 7) is 0. The summed E-state index contributed by atoms with van der Waals surface area (Å²) >= 11 is 11.7. The number of hydrogen-bond donors (Lipinski definition) is 1. The number of nitrogen functional groups attached to an aromatic ring is 1. The molecule has 0 radical (unpaired) electrons. The lowest BCUT2D eigenvalue weighted by Crippen LogP contribution is -2.41. The zero-order valence-corrected chi connectivity index (χ0v) is 14.7. The summed E-state index contributed by atoms with van der Waals surface area (Å²) in [6, 6.07) is 6.27. The number of nitriles is 1. The van der Waals surface area contributed by atoms with E-state index in [1.54, 1.807) is 12.1 Å². The molecule has 7 nitrogen and oxygen atoms in total. The fraction of sp³-hybridized carbons (Fsp3) is 0.125. The van der Waals surface area contributed by atoms with Crippen LogP contribution in [0.3, 0.4) is 0 Å². The molecule has 0 unspecified atom stereocenters. The largest absolute Gasteiger partial charge is 0.384 e. The molecule has 0 amide bonds. The van der Waals surface area contributed by atoms with Gasteiger partial charge >= 0.3 is 5.69 Å². The van der Waals surface area contributed by atoms with Gasteiger partial charge in [0.05, 0.1) is 10.0 Å². The van der Waals surface area contributed by atoms with Gasteiger partial charge in [-0.25, -0.2) is 4.79 Å². The maximum atomic E-state index is 12.6. The van der Waals surface area contributed by atoms with Crippen LogP contribution in [0.4, 0.5) is 5.82 Å². The number of rotatable bonds is 3. The molecule has 0 saturated carbocycles. The van der Waals surface area contributed by atoms with E-state index in [9.17, 15) is 19.6 Å². The van der Waals surface area contributed by atoms with Crippen molar-refractivity contribution in [3.8, 4) is 6.07 Å². The lowest BCUT2D eigenvalue weighted by molar-refractivity contribution is 0.103. The van der Waals surface area contributed by atoms with Gasteiger partial charge in [-0.15, -0.1) is 0 Å². The lowest BCUT2D eigenvalue weighted by Gasteiger charge is -2.10. The highest BCUT2D eigenvalue weighted by atomic mass is 35.5. The second-order valence-electron chi connectivity index (χ2n) is 5.14. The molecule has 9 heteroatoms. The van der Waals surface area contributed by atoms with Crippen molar-refractivity contribution >= 4 is 40.9 Å². The Kier molecular flexibility index (Phi) is 5.16. The van der Waals surface area contributed by atoms with E-state index >= 15 is 0 Å². The molecule has 0 atom stereocenters. The maximum absolute atomic E-state index is 12.6. The van der Waals surface area contributed by atoms with E-state index in [1.165, 1.54) is 32.3 Å². The fourth-order valence-corrected chi connectivity index (χ4v) is 2.43. The lowest BCUT2D eigenvalue weighted by atomic mass is 10.0. The number of allylic oxidation sites excluding steroid dienone is 1. The molecule has 0 aliphatic carbocycles. The summed E-state index contributed by atoms with van der Waals surface area (Å²) in [5.74, 6) is -1.20. The number of carbonyl (C=O) groups excluding carboxylic acids is 1. The van der Waals surface area contributed by atoms with Crippen molar-refractivity contribution < 1.29 is 4.79 Å². The number of aromatic nitrogens is 2. The van der Waals surface area contributed by atoms with Gasteiger partial charge in [0.1, 0.15) is 23.0 Å². The first-order valence-corrected chi connectivity index (χ1v) is 7.61. The van der Waals surface area contributed by atoms with E-state index in [0.29, 0.717) is 10.6 Å². The van der Waals surface area contributed by atoms with Crippen molar-refractivity contribution in [2.75, 3.05) is 5.73 Å². The molecule has 128 valence electrons. The molecule has 0 spiro atoms. The van der Waals surface area contributed by atoms with Crippen molar-refractivity contribution in [3.63, 3.8) is 0 Å². The number of carbonyl (C=O) groups is 1. The van der Waals surface area contributed by atoms with Crippen molar-refractivity contribution in [2.45, 2.75) is 0 Å². The van der Waals surface area contributed by atoms with Gasteiger partial charge in [-0.1, -0.05) is 29.3 Å². The van der Waals surface area contributed by atoms with Crippen LogP contribution < -0.4 is 17.0 Å². The van der Waals surface area contributed by atoms with Crippen LogP contribution in [0.1, 0.15) is 15.9 Å². The highest BCUT2D eigenvalue weighted by Crippen LogP contribution is 2.24. The second kappa shape index (κ2) is 6.97. The van der Waals surface area contributed by atoms with Gasteiger partial charge in [-0.05, 0) is 23.8 Å². The Bertz CT molecular complexity index is 1070. The average Bonchev–Trinajstić information content (AvgIpc) is 2.59. The van der Waals surface area contributed by atoms with Gasteiger partial charge in [0, 0.05) is 14.1 Å². The Morgan fingerprint density at radius 1 is 1.20 bits per heavy atom. The standard InChI is InChI=1S/C16H12Cl2N4O3/c1-21-14(20)12(15(24)22(2)16(21)25)13(23)9(7-19)5-8-3-4-10(17)11(18)6-8/h3-6H,20H2,1-2H3/b9-5+. The van der Waals surface area contributed by atoms with Crippen LogP contribution in [0.5, 0.6) is 0 Å². The van der Waals surface area contributed by atoms with Gasteiger partial charge < -0.3 is 5.73 Å². The predicted octanol–water partition coefficient (Wildman–Crippen LogP) is 1.76. The van der Waals surface area contributed by atoms with E-state index in [-0.39, 0.29) is 16.4 Å². The Hall–Kier alpha value is -2.82. The predicted molar refractivity (Wildman–Crippen MR) is 95.7 cm³/mol. The van der Waals surface area contributed by atoms with Crippen LogP contribution in [-0.4, -0.2) is 14.9 Å². The quantitative estimate of drug-likeness (QED) is 0.496. The van der Waals surface area contributed by atoms with Gasteiger partial charge in [0.2, 0.25) is 5.78 Å². The fourth-order valence-electron chi connectivity index (χ4n) is 2.13. The van der Waals surface area contributed by atoms with Crippen LogP contribution in [0.15, 0.2) is 33.4 Å². The monoisotopic (exact) mass is 378 g/mol. The van der Waals surface area contributed by atoms with Crippen LogP contribution in [0, 0.1) is 11.3 Å². The van der Waals surface area contributed by atoms with Crippen LogP contribution in [0.2, 0.25) is 10.0 Å². The number of benzene rings is 1. The van der Waals surface area contributed by atoms with E-state index < -0.39 is 22.6 Å². The van der Waals surface area contributed by atoms with E-state index in [4.69, 9.17) is 28.9 Å². The highest BCUT2D eigenvalue weighted by molar-refractivity contribution is 6.42. The molecule has 25 heavy (non-hydrogen) atoms. The maximum Gasteiger partial charge on any atom is 0.332 e. The zero-order valence-electron chi connectivity index (χ0n) is 13.2. The van der Waals surface area contributed by atoms with Crippen LogP contribution in [-0.2, 0) is 14.1 Å². The smallest absolute Gasteiger partial charge is 0.332 e. The molecular weight excluding hydrogens is 367 g/mol. The molecule has 1 heterocycles. The number of halogens is 2. The molecule has 0 aliphatic heterocycles. The molecule has 0 saturated heterocycles. The number of Topliss-reactive ketones (excluding diaryl/α,β-unsaturated/α-hetero) is 1. The van der Waals surface area contributed by atoms with Crippen molar-refractivity contribution in [2.24, 2.45) is 14.1 Å². The minimum atomic E-state index is -0.887. The number of ketones is 1. The SMILES string of the molecule is Cn1c(N)c(C(=O)/C(C#N)=C/c2ccc(Cl)c(Cl)c2)c(=O)n(C)c1=O. The van der Waals surface area contributed by atoms with E-state index in [2.05, 4.69) is 0 Å². The first kappa shape index (κ1) is 18.5. The minimum absolute atomic E-state index is 0.248. The van der Waals surface area contributed by atoms with Crippen molar-refractivity contribution in [1.82, 2.24) is 9.13 Å². The number of nitrogens with two attached hydrogens (primary N) is 1. The van der Waals surface area contributed by atoms with Crippen LogP contribution >= 0.6 is 23.2 Å². The number of anilines is 1. The van der Waals surface area contributed by atoms with Gasteiger partial charge in [-0.3, -0.25) is 18.7 Å². The topological polar surface area (TPSA) is 111 Å². The average molecular weight is 379 g/mol. The molecular formula is C16H12Cl2N4O3. The first-order valence-electron chi connectivity index (χ1n) is 6.86. The number of nitrogens with zero attached hydrogens (tertiary/aromatic N) is 3. The minimum Gasteiger partial charge on any atom is -0.384 e. The van der Waals surface area contributed by atoms with Crippen molar-refractivity contribution in [1.29, 1.82) is 5.26 Å². The summed E-state index contributed by atoms with van der Waals surface area (Å²) in [7, 11) is 2.54. The normalized spacial score (nSPS) is 11.2. The molecule has 0 fully saturated rings. The first-order chi connectivity index (χ1) is 11.7. The molecule has 1 aromatic carbocycles. The van der Waals surface area contributed by atoms with Gasteiger partial charge in [-0.2, -0.15) is 5.26 Å². The molecule has 1 aromatic heterocycles. The molecule has 0 aliphatic rings. The molecule has 2 rings (SSSR count). The zero-order chi connectivity index (χ0) is 18.9. The van der Waals surface area contributed by atoms with E-state index in [1.807, 2.05) is 0 Å². The molecule has 2 N–H and O–H groups in total. The highest BCUT2D eigenvalue weighted by Gasteiger charge is 2.23. The van der Waals surface area contributed by atoms with Crippen molar-refractivity contribution in [3.05, 3.63) is 65.8 Å². The Morgan fingerprint density at radius 3 is 2.40 bits per heavy atom. The van der Waals surface area contributed by atoms with Gasteiger partial charge in [0.25, 0.3) is 5.56 Å². The Labute approximate surface area is 152 Å². The third-order valence-corrected chi connectivity index (χ3v) is 4.30. The Morgan fingerprint density at radius 2 is 1.84 bits per heavy atom. The van der Waals surface area contributed by atoms with Crippen LogP contribution in [0.25, 0.3) is 6.08 Å². The third-order valence-electron chi connectivity index (χ3n) is 3.56. The summed E-state index contributed by atoms with van der Waals surface area (Å²) in [5.41, 5.74) is 3.85. The Balaban J connectivity index is 2.65. The summed E-state index contributed by atoms with van der Waals surface area (Å²) < 4.78 is 1.71. The number of hydrogen-bond acceptors (Lipinski definition) is 5. The second-order valence-corrected chi connectivity index (χ2v) is 5.95. The summed E-state index contributed by atoms with van der Waals surface area (Å²) in [4.78, 5) is 36.7. The summed E-state index contributed by atoms with van der Waals surface area (Å²) in [6.07, 6.45) is 1.26.